The lowest BCUT2D eigenvalue weighted by molar-refractivity contribution is 0.200. The molecule has 1 saturated heterocycles. The normalized spacial score (nSPS) is 17.2. The fourth-order valence-corrected chi connectivity index (χ4v) is 2.64. The van der Waals surface area contributed by atoms with Crippen LogP contribution in [0.5, 0.6) is 0 Å². The lowest BCUT2D eigenvalue weighted by atomic mass is 9.90. The van der Waals surface area contributed by atoms with Crippen molar-refractivity contribution in [1.29, 1.82) is 0 Å². The smallest absolute Gasteiger partial charge is 0.0406 e. The minimum Gasteiger partial charge on any atom is -0.300 e. The van der Waals surface area contributed by atoms with E-state index in [1.54, 1.807) is 0 Å². The molecule has 2 rings (SSSR count). The SMILES string of the molecule is Br.C=CCN1CCC(Cc2ccc(Cl)cc2)CC1. The standard InChI is InChI=1S/C15H20ClN.BrH/c1-2-9-17-10-7-14(8-11-17)12-13-3-5-15(16)6-4-13;/h2-6,14H,1,7-12H2;1H. The minimum atomic E-state index is 0. The van der Waals surface area contributed by atoms with Crippen LogP contribution < -0.4 is 0 Å². The minimum absolute atomic E-state index is 0. The summed E-state index contributed by atoms with van der Waals surface area (Å²) in [6.45, 7) is 7.26. The van der Waals surface area contributed by atoms with Gasteiger partial charge in [0.05, 0.1) is 0 Å². The number of hydrogen-bond acceptors (Lipinski definition) is 1. The Hall–Kier alpha value is -0.310. The largest absolute Gasteiger partial charge is 0.300 e. The van der Waals surface area contributed by atoms with E-state index in [0.29, 0.717) is 0 Å². The molecule has 0 unspecified atom stereocenters. The molecule has 1 aromatic carbocycles. The summed E-state index contributed by atoms with van der Waals surface area (Å²) in [4.78, 5) is 2.48. The van der Waals surface area contributed by atoms with E-state index in [-0.39, 0.29) is 17.0 Å². The summed E-state index contributed by atoms with van der Waals surface area (Å²) in [5.74, 6) is 0.831. The van der Waals surface area contributed by atoms with E-state index in [1.807, 2.05) is 18.2 Å². The van der Waals surface area contributed by atoms with Crippen LogP contribution in [0.15, 0.2) is 36.9 Å². The molecule has 1 heterocycles. The van der Waals surface area contributed by atoms with Crippen molar-refractivity contribution >= 4 is 28.6 Å². The molecule has 0 spiro atoms. The van der Waals surface area contributed by atoms with Crippen molar-refractivity contribution in [3.05, 3.63) is 47.5 Å². The van der Waals surface area contributed by atoms with E-state index in [4.69, 9.17) is 11.6 Å². The number of rotatable bonds is 4. The quantitative estimate of drug-likeness (QED) is 0.742. The molecule has 1 nitrogen and oxygen atoms in total. The number of piperidine rings is 1. The fourth-order valence-electron chi connectivity index (χ4n) is 2.51. The molecule has 0 radical (unpaired) electrons. The Morgan fingerprint density at radius 1 is 1.22 bits per heavy atom. The summed E-state index contributed by atoms with van der Waals surface area (Å²) in [6.07, 6.45) is 5.80. The number of benzene rings is 1. The van der Waals surface area contributed by atoms with Crippen molar-refractivity contribution in [2.24, 2.45) is 5.92 Å². The summed E-state index contributed by atoms with van der Waals surface area (Å²) < 4.78 is 0. The lowest BCUT2D eigenvalue weighted by Crippen LogP contribution is -2.34. The van der Waals surface area contributed by atoms with Crippen LogP contribution in [0.2, 0.25) is 5.02 Å². The zero-order chi connectivity index (χ0) is 12.1. The molecule has 0 atom stereocenters. The van der Waals surface area contributed by atoms with Gasteiger partial charge in [0.25, 0.3) is 0 Å². The van der Waals surface area contributed by atoms with Crippen molar-refractivity contribution in [3.63, 3.8) is 0 Å². The predicted molar refractivity (Wildman–Crippen MR) is 84.8 cm³/mol. The molecule has 0 aromatic heterocycles. The lowest BCUT2D eigenvalue weighted by Gasteiger charge is -2.31. The molecule has 1 fully saturated rings. The molecule has 0 saturated carbocycles. The summed E-state index contributed by atoms with van der Waals surface area (Å²) in [5.41, 5.74) is 1.41. The van der Waals surface area contributed by atoms with Crippen LogP contribution in [0.4, 0.5) is 0 Å². The van der Waals surface area contributed by atoms with Gasteiger partial charge in [-0.15, -0.1) is 23.6 Å². The average molecular weight is 331 g/mol. The van der Waals surface area contributed by atoms with E-state index in [9.17, 15) is 0 Å². The molecular weight excluding hydrogens is 310 g/mol. The van der Waals surface area contributed by atoms with Crippen LogP contribution in [0.3, 0.4) is 0 Å². The van der Waals surface area contributed by atoms with Crippen LogP contribution in [-0.4, -0.2) is 24.5 Å². The highest BCUT2D eigenvalue weighted by molar-refractivity contribution is 8.93. The van der Waals surface area contributed by atoms with Crippen molar-refractivity contribution < 1.29 is 0 Å². The van der Waals surface area contributed by atoms with Crippen LogP contribution in [0, 0.1) is 5.92 Å². The van der Waals surface area contributed by atoms with Gasteiger partial charge in [0.1, 0.15) is 0 Å². The van der Waals surface area contributed by atoms with Crippen molar-refractivity contribution in [2.75, 3.05) is 19.6 Å². The van der Waals surface area contributed by atoms with E-state index in [2.05, 4.69) is 23.6 Å². The maximum absolute atomic E-state index is 5.89. The van der Waals surface area contributed by atoms with Crippen molar-refractivity contribution in [1.82, 2.24) is 4.90 Å². The Balaban J connectivity index is 0.00000162. The van der Waals surface area contributed by atoms with Gasteiger partial charge in [0, 0.05) is 11.6 Å². The van der Waals surface area contributed by atoms with Gasteiger partial charge in [0.2, 0.25) is 0 Å². The van der Waals surface area contributed by atoms with Crippen molar-refractivity contribution in [3.8, 4) is 0 Å². The summed E-state index contributed by atoms with van der Waals surface area (Å²) >= 11 is 5.89. The molecule has 0 N–H and O–H groups in total. The second kappa shape index (κ2) is 7.98. The monoisotopic (exact) mass is 329 g/mol. The zero-order valence-corrected chi connectivity index (χ0v) is 13.1. The number of likely N-dealkylation sites (tertiary alicyclic amines) is 1. The van der Waals surface area contributed by atoms with Crippen LogP contribution in [0.25, 0.3) is 0 Å². The predicted octanol–water partition coefficient (Wildman–Crippen LogP) is 4.36. The molecule has 1 aliphatic heterocycles. The number of hydrogen-bond donors (Lipinski definition) is 0. The molecule has 3 heteroatoms. The first-order valence-corrected chi connectivity index (χ1v) is 6.73. The first-order chi connectivity index (χ1) is 8.28. The second-order valence-electron chi connectivity index (χ2n) is 4.86. The second-order valence-corrected chi connectivity index (χ2v) is 5.30. The summed E-state index contributed by atoms with van der Waals surface area (Å²) in [5, 5.41) is 0.828. The van der Waals surface area contributed by atoms with Gasteiger partial charge in [-0.05, 0) is 56.0 Å². The number of nitrogens with zero attached hydrogens (tertiary/aromatic N) is 1. The van der Waals surface area contributed by atoms with E-state index in [0.717, 1.165) is 17.5 Å². The molecule has 0 aliphatic carbocycles. The zero-order valence-electron chi connectivity index (χ0n) is 10.6. The van der Waals surface area contributed by atoms with Crippen molar-refractivity contribution in [2.45, 2.75) is 19.3 Å². The third kappa shape index (κ3) is 4.75. The van der Waals surface area contributed by atoms with Crippen LogP contribution >= 0.6 is 28.6 Å². The maximum Gasteiger partial charge on any atom is 0.0406 e. The van der Waals surface area contributed by atoms with E-state index < -0.39 is 0 Å². The molecular formula is C15H21BrClN. The van der Waals surface area contributed by atoms with Crippen LogP contribution in [0.1, 0.15) is 18.4 Å². The van der Waals surface area contributed by atoms with Gasteiger partial charge in [-0.1, -0.05) is 29.8 Å². The first-order valence-electron chi connectivity index (χ1n) is 6.35. The van der Waals surface area contributed by atoms with Gasteiger partial charge < -0.3 is 0 Å². The third-order valence-electron chi connectivity index (χ3n) is 3.53. The molecule has 0 bridgehead atoms. The molecule has 100 valence electrons. The summed E-state index contributed by atoms with van der Waals surface area (Å²) in [7, 11) is 0. The van der Waals surface area contributed by atoms with E-state index >= 15 is 0 Å². The van der Waals surface area contributed by atoms with Gasteiger partial charge >= 0.3 is 0 Å². The van der Waals surface area contributed by atoms with Gasteiger partial charge in [-0.25, -0.2) is 0 Å². The highest BCUT2D eigenvalue weighted by Gasteiger charge is 2.18. The average Bonchev–Trinajstić information content (AvgIpc) is 2.35. The Labute approximate surface area is 126 Å². The number of halogens is 2. The maximum atomic E-state index is 5.89. The Morgan fingerprint density at radius 3 is 2.39 bits per heavy atom. The van der Waals surface area contributed by atoms with Gasteiger partial charge in [0.15, 0.2) is 0 Å². The van der Waals surface area contributed by atoms with Gasteiger partial charge in [-0.2, -0.15) is 0 Å². The van der Waals surface area contributed by atoms with Crippen LogP contribution in [-0.2, 0) is 6.42 Å². The fraction of sp³-hybridized carbons (Fsp3) is 0.467. The Bertz CT molecular complexity index is 355. The highest BCUT2D eigenvalue weighted by Crippen LogP contribution is 2.22. The van der Waals surface area contributed by atoms with E-state index in [1.165, 1.54) is 37.9 Å². The van der Waals surface area contributed by atoms with Gasteiger partial charge in [-0.3, -0.25) is 4.90 Å². The molecule has 1 aliphatic rings. The highest BCUT2D eigenvalue weighted by atomic mass is 79.9. The third-order valence-corrected chi connectivity index (χ3v) is 3.78. The first kappa shape index (κ1) is 15.7. The molecule has 18 heavy (non-hydrogen) atoms. The Morgan fingerprint density at radius 2 is 1.83 bits per heavy atom. The topological polar surface area (TPSA) is 3.24 Å². The summed E-state index contributed by atoms with van der Waals surface area (Å²) in [6, 6.07) is 8.28. The Kier molecular flexibility index (Phi) is 6.98. The molecule has 0 amide bonds. The molecule has 1 aromatic rings.